The molecule has 1 fully saturated rings. The maximum atomic E-state index is 13.8. The topological polar surface area (TPSA) is 215 Å². The van der Waals surface area contributed by atoms with Crippen molar-refractivity contribution in [3.8, 4) is 5.75 Å². The molecule has 15 nitrogen and oxygen atoms in total. The van der Waals surface area contributed by atoms with Crippen LogP contribution in [0.15, 0.2) is 30.9 Å². The second-order valence-electron chi connectivity index (χ2n) is 8.55. The number of imidazole rings is 1. The Bertz CT molecular complexity index is 1390. The molecule has 1 amide bonds. The summed E-state index contributed by atoms with van der Waals surface area (Å²) in [5.74, 6) is -3.33. The number of phenolic OH excluding ortho intramolecular Hbond substituents is 1. The molecule has 3 heterocycles. The molecule has 2 aromatic heterocycles. The summed E-state index contributed by atoms with van der Waals surface area (Å²) in [5.41, 5.74) is 5.24. The van der Waals surface area contributed by atoms with Gasteiger partial charge in [0, 0.05) is 0 Å². The third kappa shape index (κ3) is 6.98. The van der Waals surface area contributed by atoms with Gasteiger partial charge in [-0.05, 0) is 31.8 Å². The van der Waals surface area contributed by atoms with Crippen molar-refractivity contribution in [3.63, 3.8) is 0 Å². The molecule has 220 valence electrons. The average molecular weight is 586 g/mol. The zero-order valence-corrected chi connectivity index (χ0v) is 22.8. The van der Waals surface area contributed by atoms with Gasteiger partial charge in [-0.2, -0.15) is 8.42 Å². The van der Waals surface area contributed by atoms with E-state index in [0.717, 1.165) is 24.5 Å². The van der Waals surface area contributed by atoms with Gasteiger partial charge < -0.3 is 30.7 Å². The number of nitrogens with zero attached hydrogens (tertiary/aromatic N) is 5. The Labute approximate surface area is 229 Å². The number of nitrogens with two attached hydrogens (primary N) is 1. The molecule has 1 saturated heterocycles. The summed E-state index contributed by atoms with van der Waals surface area (Å²) in [6.45, 7) is 9.31. The number of aromatic hydroxyl groups is 1. The molecule has 0 saturated carbocycles. The number of fused-ring (bicyclic) bond motifs is 1. The van der Waals surface area contributed by atoms with Crippen molar-refractivity contribution in [2.75, 3.05) is 32.0 Å². The first-order chi connectivity index (χ1) is 18.9. The standard InChI is InChI=1S/C17H17FN6O8S.C6H15N/c18-7-2-1-3-8(25)10(7)16(28)23-33(29,30)31-4-9-12(26)13(27)17(32-9)24-6-22-11-14(19)20-5-21-15(11)24;1-4-7(5-2)6-3/h1-3,5-6,9,12-13,17,25-27H,4H2,(H,23,28)(H2,19,20,21);4-6H2,1-3H3/t9-,12-,13-,17-;/m1./s1. The van der Waals surface area contributed by atoms with Crippen molar-refractivity contribution in [1.82, 2.24) is 29.1 Å². The highest BCUT2D eigenvalue weighted by Gasteiger charge is 2.45. The highest BCUT2D eigenvalue weighted by Crippen LogP contribution is 2.32. The zero-order valence-electron chi connectivity index (χ0n) is 22.0. The molecule has 0 radical (unpaired) electrons. The Balaban J connectivity index is 0.000000559. The molecule has 0 spiro atoms. The van der Waals surface area contributed by atoms with Gasteiger partial charge in [0.15, 0.2) is 17.7 Å². The van der Waals surface area contributed by atoms with E-state index in [1.807, 2.05) is 0 Å². The second kappa shape index (κ2) is 13.2. The van der Waals surface area contributed by atoms with Gasteiger partial charge in [0.25, 0.3) is 5.91 Å². The van der Waals surface area contributed by atoms with Crippen LogP contribution in [0.3, 0.4) is 0 Å². The van der Waals surface area contributed by atoms with Crippen LogP contribution in [0.2, 0.25) is 0 Å². The first-order valence-corrected chi connectivity index (χ1v) is 13.7. The third-order valence-electron chi connectivity index (χ3n) is 6.16. The molecule has 6 N–H and O–H groups in total. The van der Waals surface area contributed by atoms with Gasteiger partial charge in [-0.25, -0.2) is 24.1 Å². The summed E-state index contributed by atoms with van der Waals surface area (Å²) >= 11 is 0. The monoisotopic (exact) mass is 585 g/mol. The van der Waals surface area contributed by atoms with Crippen LogP contribution in [0.25, 0.3) is 11.2 Å². The number of halogens is 1. The number of hydrogen-bond acceptors (Lipinski definition) is 13. The predicted molar refractivity (Wildman–Crippen MR) is 140 cm³/mol. The molecule has 40 heavy (non-hydrogen) atoms. The van der Waals surface area contributed by atoms with Crippen LogP contribution in [0.1, 0.15) is 37.4 Å². The first-order valence-electron chi connectivity index (χ1n) is 12.3. The van der Waals surface area contributed by atoms with E-state index in [-0.39, 0.29) is 17.0 Å². The minimum atomic E-state index is -4.81. The number of carbonyl (C=O) groups is 1. The summed E-state index contributed by atoms with van der Waals surface area (Å²) in [4.78, 5) is 26.2. The second-order valence-corrected chi connectivity index (χ2v) is 9.90. The summed E-state index contributed by atoms with van der Waals surface area (Å²) in [5, 5.41) is 30.2. The van der Waals surface area contributed by atoms with Gasteiger partial charge in [-0.3, -0.25) is 13.5 Å². The Morgan fingerprint density at radius 2 is 1.85 bits per heavy atom. The predicted octanol–water partition coefficient (Wildman–Crippen LogP) is -0.0881. The number of ether oxygens (including phenoxy) is 1. The van der Waals surface area contributed by atoms with Gasteiger partial charge in [0.05, 0.1) is 12.9 Å². The van der Waals surface area contributed by atoms with Crippen molar-refractivity contribution < 1.29 is 41.8 Å². The van der Waals surface area contributed by atoms with E-state index in [0.29, 0.717) is 0 Å². The number of anilines is 1. The lowest BCUT2D eigenvalue weighted by Crippen LogP contribution is -2.38. The van der Waals surface area contributed by atoms with Gasteiger partial charge >= 0.3 is 10.3 Å². The summed E-state index contributed by atoms with van der Waals surface area (Å²) < 4.78 is 50.8. The summed E-state index contributed by atoms with van der Waals surface area (Å²) in [6.07, 6.45) is -3.28. The van der Waals surface area contributed by atoms with Crippen LogP contribution in [0.4, 0.5) is 10.2 Å². The highest BCUT2D eigenvalue weighted by molar-refractivity contribution is 7.85. The largest absolute Gasteiger partial charge is 0.507 e. The maximum Gasteiger partial charge on any atom is 0.362 e. The van der Waals surface area contributed by atoms with E-state index in [4.69, 9.17) is 10.5 Å². The molecule has 0 bridgehead atoms. The number of aromatic nitrogens is 4. The van der Waals surface area contributed by atoms with E-state index in [1.165, 1.54) is 35.3 Å². The van der Waals surface area contributed by atoms with Gasteiger partial charge in [-0.1, -0.05) is 26.8 Å². The van der Waals surface area contributed by atoms with Crippen molar-refractivity contribution in [2.24, 2.45) is 0 Å². The van der Waals surface area contributed by atoms with E-state index in [2.05, 4.69) is 44.8 Å². The van der Waals surface area contributed by atoms with Gasteiger partial charge in [0.1, 0.15) is 47.3 Å². The molecule has 0 aliphatic carbocycles. The van der Waals surface area contributed by atoms with E-state index in [1.54, 1.807) is 0 Å². The van der Waals surface area contributed by atoms with Crippen LogP contribution in [-0.4, -0.2) is 98.6 Å². The number of aliphatic hydroxyl groups excluding tert-OH is 2. The first kappa shape index (κ1) is 31.1. The number of carbonyl (C=O) groups excluding carboxylic acids is 1. The van der Waals surface area contributed by atoms with Crippen LogP contribution in [-0.2, 0) is 19.2 Å². The van der Waals surface area contributed by atoms with Crippen molar-refractivity contribution >= 4 is 33.2 Å². The number of aliphatic hydroxyl groups is 2. The van der Waals surface area contributed by atoms with Crippen LogP contribution in [0.5, 0.6) is 5.75 Å². The van der Waals surface area contributed by atoms with Crippen LogP contribution >= 0.6 is 0 Å². The molecule has 3 aromatic rings. The number of phenols is 1. The average Bonchev–Trinajstić information content (AvgIpc) is 3.45. The Kier molecular flexibility index (Phi) is 10.3. The third-order valence-corrected chi connectivity index (χ3v) is 7.05. The molecule has 1 aromatic carbocycles. The molecule has 0 unspecified atom stereocenters. The number of hydrogen-bond donors (Lipinski definition) is 5. The highest BCUT2D eigenvalue weighted by atomic mass is 32.2. The van der Waals surface area contributed by atoms with E-state index < -0.39 is 64.5 Å². The minimum Gasteiger partial charge on any atom is -0.507 e. The fraction of sp³-hybridized carbons (Fsp3) is 0.478. The molecular weight excluding hydrogens is 553 g/mol. The molecule has 1 aliphatic rings. The smallest absolute Gasteiger partial charge is 0.362 e. The fourth-order valence-corrected chi connectivity index (χ4v) is 4.61. The fourth-order valence-electron chi connectivity index (χ4n) is 3.91. The molecular formula is C23H32FN7O8S. The van der Waals surface area contributed by atoms with Gasteiger partial charge in [-0.15, -0.1) is 0 Å². The number of benzene rings is 1. The van der Waals surface area contributed by atoms with E-state index in [9.17, 15) is 32.9 Å². The molecule has 1 aliphatic heterocycles. The van der Waals surface area contributed by atoms with Crippen molar-refractivity contribution in [2.45, 2.75) is 45.3 Å². The number of rotatable bonds is 9. The maximum absolute atomic E-state index is 13.8. The lowest BCUT2D eigenvalue weighted by atomic mass is 10.1. The molecule has 4 rings (SSSR count). The van der Waals surface area contributed by atoms with Crippen LogP contribution in [0, 0.1) is 5.82 Å². The summed E-state index contributed by atoms with van der Waals surface area (Å²) in [6, 6.07) is 2.97. The zero-order chi connectivity index (χ0) is 29.6. The Morgan fingerprint density at radius 1 is 1.18 bits per heavy atom. The lowest BCUT2D eigenvalue weighted by molar-refractivity contribution is -0.0468. The number of nitrogen functional groups attached to an aromatic ring is 1. The Hall–Kier alpha value is -3.48. The van der Waals surface area contributed by atoms with Crippen LogP contribution < -0.4 is 10.5 Å². The van der Waals surface area contributed by atoms with Crippen molar-refractivity contribution in [1.29, 1.82) is 0 Å². The quantitative estimate of drug-likeness (QED) is 0.222. The molecule has 4 atom stereocenters. The summed E-state index contributed by atoms with van der Waals surface area (Å²) in [7, 11) is -4.81. The lowest BCUT2D eigenvalue weighted by Gasteiger charge is -2.16. The van der Waals surface area contributed by atoms with Gasteiger partial charge in [0.2, 0.25) is 0 Å². The SMILES string of the molecule is CCN(CC)CC.Nc1ncnc2c1ncn2[C@@H]1O[C@H](COS(=O)(=O)NC(=O)c2c(O)cccc2F)[C@@H](O)[C@H]1O. The Morgan fingerprint density at radius 3 is 2.45 bits per heavy atom. The minimum absolute atomic E-state index is 0.0781. The number of nitrogens with one attached hydrogen (secondary N) is 1. The van der Waals surface area contributed by atoms with E-state index >= 15 is 0 Å². The normalized spacial score (nSPS) is 20.9. The molecule has 17 heteroatoms. The van der Waals surface area contributed by atoms with Crippen molar-refractivity contribution in [3.05, 3.63) is 42.2 Å². The number of amides is 1.